The Balaban J connectivity index is 1.44. The first-order valence-electron chi connectivity index (χ1n) is 11.4. The third-order valence-corrected chi connectivity index (χ3v) is 6.15. The smallest absolute Gasteiger partial charge is 0.309 e. The number of fused-ring (bicyclic) bond motifs is 1. The standard InChI is InChI=1S/C27H30N2O4/c1-27(2,3)26(32)29-15-13-19(14-16-29)25(31)33-17-22(30)23-20-11-7-8-12-21(20)28-24(23)18-9-5-4-6-10-18/h4-12,19,28H,13-17H2,1-3H3. The fraction of sp³-hybridized carbons (Fsp3) is 0.370. The van der Waals surface area contributed by atoms with E-state index in [0.29, 0.717) is 31.5 Å². The minimum absolute atomic E-state index is 0.0947. The number of para-hydroxylation sites is 1. The normalized spacial score (nSPS) is 14.9. The first-order chi connectivity index (χ1) is 15.8. The first kappa shape index (κ1) is 22.8. The molecule has 172 valence electrons. The number of rotatable bonds is 5. The topological polar surface area (TPSA) is 79.5 Å². The molecule has 1 fully saturated rings. The number of ether oxygens (including phenoxy) is 1. The summed E-state index contributed by atoms with van der Waals surface area (Å²) in [5.74, 6) is -0.803. The molecule has 1 N–H and O–H groups in total. The summed E-state index contributed by atoms with van der Waals surface area (Å²) in [4.78, 5) is 43.5. The fourth-order valence-corrected chi connectivity index (χ4v) is 4.37. The second kappa shape index (κ2) is 9.22. The largest absolute Gasteiger partial charge is 0.457 e. The van der Waals surface area contributed by atoms with Crippen molar-refractivity contribution < 1.29 is 19.1 Å². The van der Waals surface area contributed by atoms with Crippen molar-refractivity contribution in [3.63, 3.8) is 0 Å². The van der Waals surface area contributed by atoms with Gasteiger partial charge in [0, 0.05) is 29.4 Å². The number of ketones is 1. The van der Waals surface area contributed by atoms with Gasteiger partial charge in [0.25, 0.3) is 0 Å². The Morgan fingerprint density at radius 3 is 2.27 bits per heavy atom. The Bertz CT molecular complexity index is 1170. The van der Waals surface area contributed by atoms with Gasteiger partial charge in [-0.3, -0.25) is 14.4 Å². The van der Waals surface area contributed by atoms with Crippen LogP contribution in [0, 0.1) is 11.3 Å². The molecule has 1 aliphatic heterocycles. The van der Waals surface area contributed by atoms with E-state index in [9.17, 15) is 14.4 Å². The van der Waals surface area contributed by atoms with Crippen molar-refractivity contribution in [1.82, 2.24) is 9.88 Å². The molecular weight excluding hydrogens is 416 g/mol. The van der Waals surface area contributed by atoms with Crippen LogP contribution < -0.4 is 0 Å². The molecule has 0 aliphatic carbocycles. The Morgan fingerprint density at radius 2 is 1.61 bits per heavy atom. The summed E-state index contributed by atoms with van der Waals surface area (Å²) in [5, 5.41) is 0.811. The third kappa shape index (κ3) is 4.85. The maximum Gasteiger partial charge on any atom is 0.309 e. The molecule has 0 bridgehead atoms. The van der Waals surface area contributed by atoms with Crippen LogP contribution in [-0.2, 0) is 14.3 Å². The zero-order valence-corrected chi connectivity index (χ0v) is 19.4. The number of Topliss-reactive ketones (excluding diaryl/α,β-unsaturated/α-hetero) is 1. The van der Waals surface area contributed by atoms with Gasteiger partial charge >= 0.3 is 5.97 Å². The van der Waals surface area contributed by atoms with E-state index in [1.165, 1.54) is 0 Å². The van der Waals surface area contributed by atoms with Crippen molar-refractivity contribution in [2.24, 2.45) is 11.3 Å². The summed E-state index contributed by atoms with van der Waals surface area (Å²) in [7, 11) is 0. The zero-order valence-electron chi connectivity index (χ0n) is 19.4. The summed E-state index contributed by atoms with van der Waals surface area (Å²) in [6.07, 6.45) is 1.11. The number of aromatic amines is 1. The van der Waals surface area contributed by atoms with Gasteiger partial charge < -0.3 is 14.6 Å². The Morgan fingerprint density at radius 1 is 0.970 bits per heavy atom. The molecule has 1 amide bonds. The summed E-state index contributed by atoms with van der Waals surface area (Å²) in [6, 6.07) is 17.3. The monoisotopic (exact) mass is 446 g/mol. The van der Waals surface area contributed by atoms with Crippen molar-refractivity contribution in [2.75, 3.05) is 19.7 Å². The Hall–Kier alpha value is -3.41. The third-order valence-electron chi connectivity index (χ3n) is 6.15. The minimum atomic E-state index is -0.435. The van der Waals surface area contributed by atoms with E-state index in [2.05, 4.69) is 4.98 Å². The number of hydrogen-bond donors (Lipinski definition) is 1. The minimum Gasteiger partial charge on any atom is -0.457 e. The van der Waals surface area contributed by atoms with Gasteiger partial charge in [-0.1, -0.05) is 69.3 Å². The maximum atomic E-state index is 13.2. The average Bonchev–Trinajstić information content (AvgIpc) is 3.21. The van der Waals surface area contributed by atoms with Crippen LogP contribution in [0.1, 0.15) is 44.0 Å². The molecule has 0 radical (unpaired) electrons. The highest BCUT2D eigenvalue weighted by atomic mass is 16.5. The van der Waals surface area contributed by atoms with E-state index in [0.717, 1.165) is 22.2 Å². The number of H-pyrrole nitrogens is 1. The molecule has 6 nitrogen and oxygen atoms in total. The molecule has 1 saturated heterocycles. The summed E-state index contributed by atoms with van der Waals surface area (Å²) >= 11 is 0. The molecule has 4 rings (SSSR count). The molecule has 2 aromatic carbocycles. The van der Waals surface area contributed by atoms with E-state index in [1.807, 2.05) is 80.3 Å². The van der Waals surface area contributed by atoms with Gasteiger partial charge in [0.05, 0.1) is 17.2 Å². The summed E-state index contributed by atoms with van der Waals surface area (Å²) in [5.41, 5.74) is 2.60. The van der Waals surface area contributed by atoms with Gasteiger partial charge in [0.1, 0.15) is 0 Å². The van der Waals surface area contributed by atoms with E-state index >= 15 is 0 Å². The van der Waals surface area contributed by atoms with Crippen LogP contribution in [0.2, 0.25) is 0 Å². The van der Waals surface area contributed by atoms with Crippen molar-refractivity contribution in [1.29, 1.82) is 0 Å². The van der Waals surface area contributed by atoms with E-state index in [1.54, 1.807) is 0 Å². The van der Waals surface area contributed by atoms with E-state index in [-0.39, 0.29) is 30.2 Å². The number of carbonyl (C=O) groups excluding carboxylic acids is 3. The predicted octanol–water partition coefficient (Wildman–Crippen LogP) is 4.85. The van der Waals surface area contributed by atoms with Gasteiger partial charge in [-0.2, -0.15) is 0 Å². The number of esters is 1. The van der Waals surface area contributed by atoms with Crippen LogP contribution in [0.4, 0.5) is 0 Å². The number of nitrogens with zero attached hydrogens (tertiary/aromatic N) is 1. The second-order valence-corrected chi connectivity index (χ2v) is 9.63. The fourth-order valence-electron chi connectivity index (χ4n) is 4.37. The quantitative estimate of drug-likeness (QED) is 0.449. The number of benzene rings is 2. The van der Waals surface area contributed by atoms with Crippen molar-refractivity contribution in [3.05, 3.63) is 60.2 Å². The lowest BCUT2D eigenvalue weighted by Gasteiger charge is -2.34. The molecular formula is C27H30N2O4. The highest BCUT2D eigenvalue weighted by Gasteiger charge is 2.33. The van der Waals surface area contributed by atoms with Crippen LogP contribution >= 0.6 is 0 Å². The van der Waals surface area contributed by atoms with Crippen LogP contribution in [0.3, 0.4) is 0 Å². The number of carbonyl (C=O) groups is 3. The van der Waals surface area contributed by atoms with Gasteiger partial charge in [-0.05, 0) is 24.5 Å². The molecule has 1 aromatic heterocycles. The van der Waals surface area contributed by atoms with Crippen LogP contribution in [0.25, 0.3) is 22.2 Å². The molecule has 0 unspecified atom stereocenters. The zero-order chi connectivity index (χ0) is 23.6. The maximum absolute atomic E-state index is 13.2. The number of amides is 1. The SMILES string of the molecule is CC(C)(C)C(=O)N1CCC(C(=O)OCC(=O)c2c(-c3ccccc3)[nH]c3ccccc23)CC1. The van der Waals surface area contributed by atoms with E-state index < -0.39 is 5.41 Å². The lowest BCUT2D eigenvalue weighted by atomic mass is 9.91. The summed E-state index contributed by atoms with van der Waals surface area (Å²) in [6.45, 7) is 6.46. The van der Waals surface area contributed by atoms with Crippen LogP contribution in [0.15, 0.2) is 54.6 Å². The molecule has 0 saturated carbocycles. The van der Waals surface area contributed by atoms with Crippen molar-refractivity contribution in [3.8, 4) is 11.3 Å². The first-order valence-corrected chi connectivity index (χ1v) is 11.4. The predicted molar refractivity (Wildman–Crippen MR) is 128 cm³/mol. The molecule has 2 heterocycles. The van der Waals surface area contributed by atoms with Crippen molar-refractivity contribution >= 4 is 28.6 Å². The van der Waals surface area contributed by atoms with Crippen molar-refractivity contribution in [2.45, 2.75) is 33.6 Å². The number of piperidine rings is 1. The van der Waals surface area contributed by atoms with Gasteiger partial charge in [-0.15, -0.1) is 0 Å². The Kier molecular flexibility index (Phi) is 6.36. The lowest BCUT2D eigenvalue weighted by Crippen LogP contribution is -2.45. The van der Waals surface area contributed by atoms with E-state index in [4.69, 9.17) is 4.74 Å². The molecule has 3 aromatic rings. The average molecular weight is 447 g/mol. The molecule has 33 heavy (non-hydrogen) atoms. The highest BCUT2D eigenvalue weighted by Crippen LogP contribution is 2.31. The second-order valence-electron chi connectivity index (χ2n) is 9.63. The molecule has 0 atom stereocenters. The number of aromatic nitrogens is 1. The number of likely N-dealkylation sites (tertiary alicyclic amines) is 1. The molecule has 1 aliphatic rings. The van der Waals surface area contributed by atoms with Gasteiger partial charge in [0.15, 0.2) is 6.61 Å². The number of hydrogen-bond acceptors (Lipinski definition) is 4. The molecule has 6 heteroatoms. The van der Waals surface area contributed by atoms with Crippen LogP contribution in [0.5, 0.6) is 0 Å². The Labute approximate surface area is 193 Å². The van der Waals surface area contributed by atoms with Gasteiger partial charge in [0.2, 0.25) is 11.7 Å². The lowest BCUT2D eigenvalue weighted by molar-refractivity contribution is -0.152. The molecule has 0 spiro atoms. The summed E-state index contributed by atoms with van der Waals surface area (Å²) < 4.78 is 5.46. The van der Waals surface area contributed by atoms with Crippen LogP contribution in [-0.4, -0.2) is 47.2 Å². The highest BCUT2D eigenvalue weighted by molar-refractivity contribution is 6.14. The van der Waals surface area contributed by atoms with Gasteiger partial charge in [-0.25, -0.2) is 0 Å². The number of nitrogens with one attached hydrogen (secondary N) is 1.